The number of hydrogen-bond acceptors (Lipinski definition) is 5. The Morgan fingerprint density at radius 2 is 1.73 bits per heavy atom. The Morgan fingerprint density at radius 3 is 2.23 bits per heavy atom. The number of esters is 1. The number of rotatable bonds is 5. The molecule has 0 aromatic heterocycles. The van der Waals surface area contributed by atoms with Gasteiger partial charge in [-0.25, -0.2) is 9.59 Å². The van der Waals surface area contributed by atoms with E-state index in [1.165, 1.54) is 6.92 Å². The summed E-state index contributed by atoms with van der Waals surface area (Å²) in [7, 11) is 0. The van der Waals surface area contributed by atoms with Gasteiger partial charge < -0.3 is 19.9 Å². The van der Waals surface area contributed by atoms with Crippen LogP contribution in [-0.2, 0) is 20.9 Å². The SMILES string of the molecule is CC(C)(C)OC(=O)N[C@@](C)(CO)C(=O)OCc1ccccc1. The van der Waals surface area contributed by atoms with Crippen LogP contribution >= 0.6 is 0 Å². The van der Waals surface area contributed by atoms with Crippen molar-refractivity contribution in [1.29, 1.82) is 0 Å². The van der Waals surface area contributed by atoms with E-state index in [2.05, 4.69) is 5.32 Å². The second kappa shape index (κ2) is 7.26. The highest BCUT2D eigenvalue weighted by Gasteiger charge is 2.37. The molecule has 0 bridgehead atoms. The Balaban J connectivity index is 2.63. The van der Waals surface area contributed by atoms with Gasteiger partial charge in [0, 0.05) is 0 Å². The minimum absolute atomic E-state index is 0.0608. The van der Waals surface area contributed by atoms with Crippen molar-refractivity contribution in [3.8, 4) is 0 Å². The molecule has 0 saturated heterocycles. The van der Waals surface area contributed by atoms with Crippen LogP contribution in [0.1, 0.15) is 33.3 Å². The van der Waals surface area contributed by atoms with E-state index in [4.69, 9.17) is 9.47 Å². The van der Waals surface area contributed by atoms with Crippen LogP contribution in [0.15, 0.2) is 30.3 Å². The molecule has 6 heteroatoms. The molecule has 0 aliphatic rings. The molecule has 2 N–H and O–H groups in total. The Labute approximate surface area is 130 Å². The zero-order valence-corrected chi connectivity index (χ0v) is 13.4. The number of ether oxygens (including phenoxy) is 2. The van der Waals surface area contributed by atoms with Gasteiger partial charge in [0.05, 0.1) is 6.61 Å². The molecule has 6 nitrogen and oxygen atoms in total. The van der Waals surface area contributed by atoms with Crippen LogP contribution in [0.2, 0.25) is 0 Å². The lowest BCUT2D eigenvalue weighted by Crippen LogP contribution is -2.56. The molecular weight excluding hydrogens is 286 g/mol. The van der Waals surface area contributed by atoms with Crippen molar-refractivity contribution < 1.29 is 24.2 Å². The number of nitrogens with one attached hydrogen (secondary N) is 1. The highest BCUT2D eigenvalue weighted by atomic mass is 16.6. The quantitative estimate of drug-likeness (QED) is 0.813. The van der Waals surface area contributed by atoms with E-state index in [9.17, 15) is 14.7 Å². The standard InChI is InChI=1S/C16H23NO5/c1-15(2,3)22-14(20)17-16(4,11-18)13(19)21-10-12-8-6-5-7-9-12/h5-9,18H,10-11H2,1-4H3,(H,17,20)/t16-/m0/s1. The molecule has 0 saturated carbocycles. The van der Waals surface area contributed by atoms with Gasteiger partial charge >= 0.3 is 12.1 Å². The second-order valence-electron chi connectivity index (χ2n) is 6.18. The largest absolute Gasteiger partial charge is 0.459 e. The first kappa shape index (κ1) is 18.0. The van der Waals surface area contributed by atoms with Gasteiger partial charge in [0.2, 0.25) is 0 Å². The number of aliphatic hydroxyl groups excluding tert-OH is 1. The molecule has 1 aromatic carbocycles. The molecular formula is C16H23NO5. The molecule has 0 heterocycles. The number of alkyl carbamates (subject to hydrolysis) is 1. The first-order valence-corrected chi connectivity index (χ1v) is 6.99. The van der Waals surface area contributed by atoms with Crippen molar-refractivity contribution in [1.82, 2.24) is 5.32 Å². The number of amides is 1. The molecule has 0 radical (unpaired) electrons. The van der Waals surface area contributed by atoms with Crippen LogP contribution in [0, 0.1) is 0 Å². The lowest BCUT2D eigenvalue weighted by molar-refractivity contribution is -0.154. The lowest BCUT2D eigenvalue weighted by atomic mass is 10.0. The second-order valence-corrected chi connectivity index (χ2v) is 6.18. The van der Waals surface area contributed by atoms with E-state index in [0.717, 1.165) is 5.56 Å². The normalized spacial score (nSPS) is 13.9. The Bertz CT molecular complexity index is 509. The lowest BCUT2D eigenvalue weighted by Gasteiger charge is -2.28. The first-order valence-electron chi connectivity index (χ1n) is 6.99. The number of aliphatic hydroxyl groups is 1. The van der Waals surface area contributed by atoms with E-state index in [-0.39, 0.29) is 6.61 Å². The number of carbonyl (C=O) groups excluding carboxylic acids is 2. The highest BCUT2D eigenvalue weighted by molar-refractivity contribution is 5.85. The molecule has 0 unspecified atom stereocenters. The fourth-order valence-electron chi connectivity index (χ4n) is 1.57. The van der Waals surface area contributed by atoms with Gasteiger partial charge in [0.25, 0.3) is 0 Å². The highest BCUT2D eigenvalue weighted by Crippen LogP contribution is 2.12. The number of benzene rings is 1. The smallest absolute Gasteiger partial charge is 0.408 e. The van der Waals surface area contributed by atoms with E-state index in [0.29, 0.717) is 0 Å². The van der Waals surface area contributed by atoms with Gasteiger partial charge in [-0.1, -0.05) is 30.3 Å². The number of carbonyl (C=O) groups is 2. The monoisotopic (exact) mass is 309 g/mol. The summed E-state index contributed by atoms with van der Waals surface area (Å²) in [6, 6.07) is 9.13. The van der Waals surface area contributed by atoms with E-state index < -0.39 is 29.8 Å². The van der Waals surface area contributed by atoms with E-state index in [1.54, 1.807) is 20.8 Å². The van der Waals surface area contributed by atoms with Crippen molar-refractivity contribution in [2.45, 2.75) is 45.4 Å². The fraction of sp³-hybridized carbons (Fsp3) is 0.500. The Kier molecular flexibility index (Phi) is 5.93. The van der Waals surface area contributed by atoms with Gasteiger partial charge in [-0.3, -0.25) is 0 Å². The molecule has 0 fully saturated rings. The first-order chi connectivity index (χ1) is 10.2. The van der Waals surface area contributed by atoms with Crippen LogP contribution in [0.3, 0.4) is 0 Å². The summed E-state index contributed by atoms with van der Waals surface area (Å²) >= 11 is 0. The summed E-state index contributed by atoms with van der Waals surface area (Å²) in [4.78, 5) is 23.9. The zero-order valence-electron chi connectivity index (χ0n) is 13.4. The van der Waals surface area contributed by atoms with Crippen LogP contribution in [0.5, 0.6) is 0 Å². The van der Waals surface area contributed by atoms with Crippen molar-refractivity contribution in [3.05, 3.63) is 35.9 Å². The summed E-state index contributed by atoms with van der Waals surface area (Å²) < 4.78 is 10.2. The molecule has 22 heavy (non-hydrogen) atoms. The fourth-order valence-corrected chi connectivity index (χ4v) is 1.57. The topological polar surface area (TPSA) is 84.9 Å². The van der Waals surface area contributed by atoms with E-state index >= 15 is 0 Å². The molecule has 1 rings (SSSR count). The average molecular weight is 309 g/mol. The van der Waals surface area contributed by atoms with Gasteiger partial charge in [-0.15, -0.1) is 0 Å². The maximum absolute atomic E-state index is 12.1. The molecule has 1 amide bonds. The third-order valence-corrected chi connectivity index (χ3v) is 2.76. The van der Waals surface area contributed by atoms with E-state index in [1.807, 2.05) is 30.3 Å². The summed E-state index contributed by atoms with van der Waals surface area (Å²) in [6.07, 6.45) is -0.791. The summed E-state index contributed by atoms with van der Waals surface area (Å²) in [5.41, 5.74) is -1.45. The Hall–Kier alpha value is -2.08. The minimum atomic E-state index is -1.56. The maximum Gasteiger partial charge on any atom is 0.408 e. The molecule has 0 spiro atoms. The maximum atomic E-state index is 12.1. The molecule has 1 atom stereocenters. The predicted molar refractivity (Wildman–Crippen MR) is 81.1 cm³/mol. The third-order valence-electron chi connectivity index (χ3n) is 2.76. The summed E-state index contributed by atoms with van der Waals surface area (Å²) in [5.74, 6) is -0.732. The van der Waals surface area contributed by atoms with Crippen LogP contribution in [-0.4, -0.2) is 34.9 Å². The average Bonchev–Trinajstić information content (AvgIpc) is 2.43. The molecule has 0 aliphatic carbocycles. The third kappa shape index (κ3) is 5.73. The number of hydrogen-bond donors (Lipinski definition) is 2. The minimum Gasteiger partial charge on any atom is -0.459 e. The predicted octanol–water partition coefficient (Wildman–Crippen LogP) is 2.01. The van der Waals surface area contributed by atoms with Crippen LogP contribution in [0.4, 0.5) is 4.79 Å². The van der Waals surface area contributed by atoms with Crippen molar-refractivity contribution in [2.75, 3.05) is 6.61 Å². The van der Waals surface area contributed by atoms with Gasteiger partial charge in [-0.2, -0.15) is 0 Å². The molecule has 0 aliphatic heterocycles. The van der Waals surface area contributed by atoms with Crippen molar-refractivity contribution in [3.63, 3.8) is 0 Å². The van der Waals surface area contributed by atoms with Crippen LogP contribution < -0.4 is 5.32 Å². The van der Waals surface area contributed by atoms with Crippen molar-refractivity contribution in [2.24, 2.45) is 0 Å². The van der Waals surface area contributed by atoms with Gasteiger partial charge in [-0.05, 0) is 33.3 Å². The summed E-state index contributed by atoms with van der Waals surface area (Å²) in [5, 5.41) is 11.8. The van der Waals surface area contributed by atoms with Gasteiger partial charge in [0.15, 0.2) is 5.54 Å². The van der Waals surface area contributed by atoms with Crippen molar-refractivity contribution >= 4 is 12.1 Å². The Morgan fingerprint density at radius 1 is 1.14 bits per heavy atom. The summed E-state index contributed by atoms with van der Waals surface area (Å²) in [6.45, 7) is 5.96. The molecule has 122 valence electrons. The van der Waals surface area contributed by atoms with Gasteiger partial charge in [0.1, 0.15) is 12.2 Å². The zero-order chi connectivity index (χ0) is 16.8. The molecule has 1 aromatic rings. The van der Waals surface area contributed by atoms with Crippen LogP contribution in [0.25, 0.3) is 0 Å².